The summed E-state index contributed by atoms with van der Waals surface area (Å²) in [6.45, 7) is 10.5. The fourth-order valence-electron chi connectivity index (χ4n) is 5.67. The number of carbonyl (C=O) groups excluding carboxylic acids is 1. The van der Waals surface area contributed by atoms with E-state index in [1.807, 2.05) is 59.1 Å². The van der Waals surface area contributed by atoms with Crippen LogP contribution in [-0.2, 0) is 17.6 Å². The van der Waals surface area contributed by atoms with Crippen molar-refractivity contribution in [1.29, 1.82) is 0 Å². The standard InChI is InChI=1S/C22H29ClO2S.C19H26OS/c1-4-5-6-7-8-9-10-19-15-16(2)26-21(19)18-11-13-20(14-12-18)25-22(24)17(3)23;1-3-4-5-6-7-8-9-17-14-15(2)21-19(17)16-10-12-18(20)13-11-16/h11-15,17H,4-10H2,1-3H3;10-14,20H,3-9H2,1-2H3. The molecule has 3 nitrogen and oxygen atoms in total. The number of carbonyl (C=O) groups is 1. The molecule has 0 aliphatic heterocycles. The average Bonchev–Trinajstić information content (AvgIpc) is 3.62. The summed E-state index contributed by atoms with van der Waals surface area (Å²) < 4.78 is 5.25. The van der Waals surface area contributed by atoms with E-state index in [0.29, 0.717) is 11.5 Å². The largest absolute Gasteiger partial charge is 0.508 e. The lowest BCUT2D eigenvalue weighted by Gasteiger charge is -2.08. The van der Waals surface area contributed by atoms with Crippen molar-refractivity contribution in [2.45, 2.75) is 130 Å². The Kier molecular flexibility index (Phi) is 17.7. The molecule has 1 N–H and O–H groups in total. The Hall–Kier alpha value is -2.60. The first kappa shape index (κ1) is 38.8. The van der Waals surface area contributed by atoms with Crippen LogP contribution in [0, 0.1) is 13.8 Å². The summed E-state index contributed by atoms with van der Waals surface area (Å²) in [7, 11) is 0. The number of aromatic hydroxyl groups is 1. The summed E-state index contributed by atoms with van der Waals surface area (Å²) in [5.74, 6) is 0.455. The molecule has 0 fully saturated rings. The molecule has 6 heteroatoms. The van der Waals surface area contributed by atoms with Crippen molar-refractivity contribution < 1.29 is 14.6 Å². The monoisotopic (exact) mass is 694 g/mol. The molecule has 1 unspecified atom stereocenters. The number of benzene rings is 2. The number of aryl methyl sites for hydroxylation is 4. The first-order chi connectivity index (χ1) is 22.7. The van der Waals surface area contributed by atoms with Gasteiger partial charge in [0.25, 0.3) is 0 Å². The van der Waals surface area contributed by atoms with E-state index < -0.39 is 11.3 Å². The van der Waals surface area contributed by atoms with Gasteiger partial charge in [-0.05, 0) is 129 Å². The van der Waals surface area contributed by atoms with Gasteiger partial charge in [0.15, 0.2) is 0 Å². The minimum absolute atomic E-state index is 0.338. The van der Waals surface area contributed by atoms with Gasteiger partial charge in [0, 0.05) is 19.5 Å². The second kappa shape index (κ2) is 21.4. The van der Waals surface area contributed by atoms with E-state index in [-0.39, 0.29) is 0 Å². The molecular formula is C41H55ClO3S2. The zero-order valence-electron chi connectivity index (χ0n) is 29.2. The highest BCUT2D eigenvalue weighted by atomic mass is 35.5. The minimum atomic E-state index is -0.640. The quantitative estimate of drug-likeness (QED) is 0.0488. The van der Waals surface area contributed by atoms with Crippen LogP contribution in [0.25, 0.3) is 20.9 Å². The van der Waals surface area contributed by atoms with Crippen molar-refractivity contribution in [2.24, 2.45) is 0 Å². The highest BCUT2D eigenvalue weighted by Crippen LogP contribution is 2.36. The number of phenolic OH excluding ortho intramolecular Hbond substituents is 1. The number of phenols is 1. The Labute approximate surface area is 297 Å². The van der Waals surface area contributed by atoms with Crippen LogP contribution in [-0.4, -0.2) is 16.5 Å². The molecule has 4 rings (SSSR count). The fourth-order valence-corrected chi connectivity index (χ4v) is 7.85. The molecule has 2 aromatic heterocycles. The predicted octanol–water partition coefficient (Wildman–Crippen LogP) is 13.5. The van der Waals surface area contributed by atoms with Gasteiger partial charge in [-0.1, -0.05) is 78.1 Å². The van der Waals surface area contributed by atoms with E-state index in [1.54, 1.807) is 19.1 Å². The smallest absolute Gasteiger partial charge is 0.329 e. The molecule has 256 valence electrons. The van der Waals surface area contributed by atoms with Crippen LogP contribution in [0.3, 0.4) is 0 Å². The lowest BCUT2D eigenvalue weighted by molar-refractivity contribution is -0.133. The van der Waals surface area contributed by atoms with E-state index in [1.165, 1.54) is 125 Å². The lowest BCUT2D eigenvalue weighted by atomic mass is 10.0. The number of thiophene rings is 2. The van der Waals surface area contributed by atoms with Crippen molar-refractivity contribution in [3.05, 3.63) is 81.5 Å². The molecule has 1 atom stereocenters. The maximum atomic E-state index is 11.6. The number of alkyl halides is 1. The average molecular weight is 695 g/mol. The van der Waals surface area contributed by atoms with Gasteiger partial charge in [-0.3, -0.25) is 4.79 Å². The van der Waals surface area contributed by atoms with Crippen LogP contribution in [0.15, 0.2) is 60.7 Å². The van der Waals surface area contributed by atoms with E-state index in [9.17, 15) is 9.90 Å². The van der Waals surface area contributed by atoms with Gasteiger partial charge in [-0.25, -0.2) is 0 Å². The Morgan fingerprint density at radius 3 is 1.51 bits per heavy atom. The summed E-state index contributed by atoms with van der Waals surface area (Å²) in [4.78, 5) is 17.0. The molecule has 4 aromatic rings. The van der Waals surface area contributed by atoms with Crippen molar-refractivity contribution in [3.63, 3.8) is 0 Å². The Bertz CT molecular complexity index is 1450. The molecule has 2 aromatic carbocycles. The van der Waals surface area contributed by atoms with Crippen LogP contribution in [0.5, 0.6) is 11.5 Å². The van der Waals surface area contributed by atoms with Crippen molar-refractivity contribution in [3.8, 4) is 32.4 Å². The maximum absolute atomic E-state index is 11.6. The topological polar surface area (TPSA) is 46.5 Å². The van der Waals surface area contributed by atoms with Gasteiger partial charge in [0.2, 0.25) is 0 Å². The minimum Gasteiger partial charge on any atom is -0.508 e. The molecule has 0 saturated carbocycles. The summed E-state index contributed by atoms with van der Waals surface area (Å²) in [5.41, 5.74) is 5.32. The van der Waals surface area contributed by atoms with Crippen LogP contribution in [0.2, 0.25) is 0 Å². The molecule has 0 aliphatic carbocycles. The molecule has 0 aliphatic rings. The zero-order chi connectivity index (χ0) is 34.0. The van der Waals surface area contributed by atoms with E-state index in [0.717, 1.165) is 6.42 Å². The number of ether oxygens (including phenoxy) is 1. The molecule has 2 heterocycles. The molecular weight excluding hydrogens is 640 g/mol. The Morgan fingerprint density at radius 2 is 1.09 bits per heavy atom. The van der Waals surface area contributed by atoms with Gasteiger partial charge >= 0.3 is 5.97 Å². The Morgan fingerprint density at radius 1 is 0.681 bits per heavy atom. The lowest BCUT2D eigenvalue weighted by Crippen LogP contribution is -2.17. The van der Waals surface area contributed by atoms with Gasteiger partial charge in [-0.2, -0.15) is 0 Å². The van der Waals surface area contributed by atoms with E-state index >= 15 is 0 Å². The van der Waals surface area contributed by atoms with Crippen molar-refractivity contribution in [1.82, 2.24) is 0 Å². The Balaban J connectivity index is 0.000000261. The predicted molar refractivity (Wildman–Crippen MR) is 206 cm³/mol. The molecule has 0 bridgehead atoms. The number of hydrogen-bond acceptors (Lipinski definition) is 5. The van der Waals surface area contributed by atoms with Crippen molar-refractivity contribution in [2.75, 3.05) is 0 Å². The molecule has 0 radical (unpaired) electrons. The van der Waals surface area contributed by atoms with Gasteiger partial charge in [-0.15, -0.1) is 34.3 Å². The number of esters is 1. The van der Waals surface area contributed by atoms with Crippen LogP contribution in [0.4, 0.5) is 0 Å². The van der Waals surface area contributed by atoms with Crippen LogP contribution < -0.4 is 4.74 Å². The van der Waals surface area contributed by atoms with Gasteiger partial charge < -0.3 is 9.84 Å². The zero-order valence-corrected chi connectivity index (χ0v) is 31.6. The number of unbranched alkanes of at least 4 members (excludes halogenated alkanes) is 10. The molecule has 0 spiro atoms. The van der Waals surface area contributed by atoms with Crippen LogP contribution in [0.1, 0.15) is 119 Å². The van der Waals surface area contributed by atoms with Gasteiger partial charge in [0.1, 0.15) is 16.9 Å². The molecule has 0 amide bonds. The summed E-state index contributed by atoms with van der Waals surface area (Å²) in [5, 5.41) is 8.79. The maximum Gasteiger partial charge on any atom is 0.329 e. The molecule has 47 heavy (non-hydrogen) atoms. The number of rotatable bonds is 18. The summed E-state index contributed by atoms with van der Waals surface area (Å²) in [6, 6.07) is 20.0. The van der Waals surface area contributed by atoms with E-state index in [2.05, 4.69) is 39.8 Å². The number of hydrogen-bond donors (Lipinski definition) is 1. The van der Waals surface area contributed by atoms with Crippen molar-refractivity contribution >= 4 is 40.2 Å². The van der Waals surface area contributed by atoms with Gasteiger partial charge in [0.05, 0.1) is 0 Å². The third-order valence-electron chi connectivity index (χ3n) is 8.25. The third-order valence-corrected chi connectivity index (χ3v) is 10.7. The normalized spacial score (nSPS) is 11.6. The highest BCUT2D eigenvalue weighted by Gasteiger charge is 2.14. The highest BCUT2D eigenvalue weighted by molar-refractivity contribution is 7.16. The fraction of sp³-hybridized carbons (Fsp3) is 0.488. The number of halogens is 1. The summed E-state index contributed by atoms with van der Waals surface area (Å²) >= 11 is 9.44. The first-order valence-electron chi connectivity index (χ1n) is 17.7. The van der Waals surface area contributed by atoms with E-state index in [4.69, 9.17) is 16.3 Å². The summed E-state index contributed by atoms with van der Waals surface area (Å²) in [6.07, 6.45) is 18.2. The van der Waals surface area contributed by atoms with Crippen LogP contribution >= 0.6 is 34.3 Å². The molecule has 0 saturated heterocycles. The third kappa shape index (κ3) is 13.8. The SMILES string of the molecule is CCCCCCCCc1cc(C)sc1-c1ccc(O)cc1.CCCCCCCCc1cc(C)sc1-c1ccc(OC(=O)C(C)Cl)cc1. The second-order valence-corrected chi connectivity index (χ2v) is 15.7. The first-order valence-corrected chi connectivity index (χ1v) is 19.7. The second-order valence-electron chi connectivity index (χ2n) is 12.6.